The fourth-order valence-electron chi connectivity index (χ4n) is 2.08. The predicted octanol–water partition coefficient (Wildman–Crippen LogP) is 0.735. The number of rotatable bonds is 4. The molecule has 1 aromatic rings. The second-order valence-corrected chi connectivity index (χ2v) is 4.71. The SMILES string of the molecule is CCn1cc(N)cc1C(=O)NCC1(O)CCC1. The molecular weight excluding hydrogens is 218 g/mol. The highest BCUT2D eigenvalue weighted by Gasteiger charge is 2.34. The van der Waals surface area contributed by atoms with Crippen LogP contribution in [0.2, 0.25) is 0 Å². The van der Waals surface area contributed by atoms with E-state index in [-0.39, 0.29) is 5.91 Å². The van der Waals surface area contributed by atoms with E-state index in [1.54, 1.807) is 16.8 Å². The average Bonchev–Trinajstić information content (AvgIpc) is 2.64. The normalized spacial score (nSPS) is 17.5. The van der Waals surface area contributed by atoms with Crippen LogP contribution >= 0.6 is 0 Å². The lowest BCUT2D eigenvalue weighted by Crippen LogP contribution is -2.48. The van der Waals surface area contributed by atoms with Crippen molar-refractivity contribution < 1.29 is 9.90 Å². The van der Waals surface area contributed by atoms with Crippen molar-refractivity contribution in [3.8, 4) is 0 Å². The minimum Gasteiger partial charge on any atom is -0.397 e. The van der Waals surface area contributed by atoms with Crippen LogP contribution in [0, 0.1) is 0 Å². The second kappa shape index (κ2) is 4.41. The fourth-order valence-corrected chi connectivity index (χ4v) is 2.08. The second-order valence-electron chi connectivity index (χ2n) is 4.71. The van der Waals surface area contributed by atoms with E-state index in [2.05, 4.69) is 5.32 Å². The quantitative estimate of drug-likeness (QED) is 0.722. The van der Waals surface area contributed by atoms with Crippen molar-refractivity contribution in [2.24, 2.45) is 0 Å². The molecule has 0 spiro atoms. The Morgan fingerprint density at radius 2 is 2.35 bits per heavy atom. The van der Waals surface area contributed by atoms with Crippen molar-refractivity contribution in [1.82, 2.24) is 9.88 Å². The summed E-state index contributed by atoms with van der Waals surface area (Å²) in [6.45, 7) is 2.97. The number of hydrogen-bond donors (Lipinski definition) is 3. The van der Waals surface area contributed by atoms with Crippen molar-refractivity contribution in [1.29, 1.82) is 0 Å². The zero-order valence-corrected chi connectivity index (χ0v) is 10.1. The van der Waals surface area contributed by atoms with Gasteiger partial charge in [0, 0.05) is 19.3 Å². The Labute approximate surface area is 101 Å². The molecule has 0 bridgehead atoms. The number of nitrogens with one attached hydrogen (secondary N) is 1. The van der Waals surface area contributed by atoms with E-state index in [1.807, 2.05) is 6.92 Å². The maximum absolute atomic E-state index is 11.9. The Balaban J connectivity index is 1.99. The van der Waals surface area contributed by atoms with Crippen LogP contribution in [0.5, 0.6) is 0 Å². The highest BCUT2D eigenvalue weighted by molar-refractivity contribution is 5.93. The molecule has 17 heavy (non-hydrogen) atoms. The summed E-state index contributed by atoms with van der Waals surface area (Å²) in [5.74, 6) is -0.177. The topological polar surface area (TPSA) is 80.3 Å². The van der Waals surface area contributed by atoms with Crippen LogP contribution < -0.4 is 11.1 Å². The third-order valence-electron chi connectivity index (χ3n) is 3.35. The lowest BCUT2D eigenvalue weighted by molar-refractivity contribution is -0.0301. The van der Waals surface area contributed by atoms with Crippen molar-refractivity contribution in [2.75, 3.05) is 12.3 Å². The molecular formula is C12H19N3O2. The van der Waals surface area contributed by atoms with Crippen LogP contribution in [-0.2, 0) is 6.54 Å². The molecule has 0 saturated heterocycles. The van der Waals surface area contributed by atoms with Crippen molar-refractivity contribution in [3.05, 3.63) is 18.0 Å². The lowest BCUT2D eigenvalue weighted by Gasteiger charge is -2.36. The van der Waals surface area contributed by atoms with Gasteiger partial charge in [-0.05, 0) is 32.3 Å². The van der Waals surface area contributed by atoms with E-state index in [0.29, 0.717) is 24.5 Å². The molecule has 5 heteroatoms. The van der Waals surface area contributed by atoms with Crippen LogP contribution in [0.1, 0.15) is 36.7 Å². The van der Waals surface area contributed by atoms with Gasteiger partial charge < -0.3 is 20.7 Å². The summed E-state index contributed by atoms with van der Waals surface area (Å²) >= 11 is 0. The summed E-state index contributed by atoms with van der Waals surface area (Å²) < 4.78 is 1.80. The number of aromatic nitrogens is 1. The number of carbonyl (C=O) groups is 1. The first kappa shape index (κ1) is 12.0. The van der Waals surface area contributed by atoms with Gasteiger partial charge in [-0.3, -0.25) is 4.79 Å². The molecule has 0 aromatic carbocycles. The van der Waals surface area contributed by atoms with Crippen molar-refractivity contribution >= 4 is 11.6 Å². The number of aliphatic hydroxyl groups is 1. The molecule has 1 heterocycles. The van der Waals surface area contributed by atoms with Crippen LogP contribution in [0.4, 0.5) is 5.69 Å². The van der Waals surface area contributed by atoms with Crippen molar-refractivity contribution in [2.45, 2.75) is 38.3 Å². The van der Waals surface area contributed by atoms with Crippen LogP contribution in [0.3, 0.4) is 0 Å². The number of aryl methyl sites for hydroxylation is 1. The molecule has 5 nitrogen and oxygen atoms in total. The maximum Gasteiger partial charge on any atom is 0.268 e. The molecule has 1 saturated carbocycles. The number of nitrogens with zero attached hydrogens (tertiary/aromatic N) is 1. The van der Waals surface area contributed by atoms with Gasteiger partial charge in [-0.15, -0.1) is 0 Å². The molecule has 1 aromatic heterocycles. The molecule has 0 radical (unpaired) electrons. The molecule has 2 rings (SSSR count). The van der Waals surface area contributed by atoms with E-state index in [4.69, 9.17) is 5.73 Å². The number of anilines is 1. The summed E-state index contributed by atoms with van der Waals surface area (Å²) in [5, 5.41) is 12.7. The molecule has 1 aliphatic rings. The minimum absolute atomic E-state index is 0.177. The van der Waals surface area contributed by atoms with Gasteiger partial charge in [-0.2, -0.15) is 0 Å². The third kappa shape index (κ3) is 2.44. The van der Waals surface area contributed by atoms with Gasteiger partial charge in [0.05, 0.1) is 11.3 Å². The predicted molar refractivity (Wildman–Crippen MR) is 65.7 cm³/mol. The van der Waals surface area contributed by atoms with Gasteiger partial charge in [-0.25, -0.2) is 0 Å². The summed E-state index contributed by atoms with van der Waals surface area (Å²) in [6.07, 6.45) is 4.31. The summed E-state index contributed by atoms with van der Waals surface area (Å²) in [6, 6.07) is 1.66. The lowest BCUT2D eigenvalue weighted by atomic mass is 9.80. The molecule has 4 N–H and O–H groups in total. The number of nitrogen functional groups attached to an aromatic ring is 1. The zero-order chi connectivity index (χ0) is 12.5. The molecule has 0 atom stereocenters. The number of nitrogens with two attached hydrogens (primary N) is 1. The van der Waals surface area contributed by atoms with E-state index in [9.17, 15) is 9.90 Å². The van der Waals surface area contributed by atoms with E-state index >= 15 is 0 Å². The highest BCUT2D eigenvalue weighted by atomic mass is 16.3. The Hall–Kier alpha value is -1.49. The van der Waals surface area contributed by atoms with Crippen LogP contribution in [0.25, 0.3) is 0 Å². The van der Waals surface area contributed by atoms with Crippen molar-refractivity contribution in [3.63, 3.8) is 0 Å². The van der Waals surface area contributed by atoms with E-state index in [0.717, 1.165) is 19.3 Å². The first-order valence-electron chi connectivity index (χ1n) is 6.00. The number of carbonyl (C=O) groups excluding carboxylic acids is 1. The molecule has 0 aliphatic heterocycles. The van der Waals surface area contributed by atoms with Crippen LogP contribution in [-0.4, -0.2) is 27.7 Å². The third-order valence-corrected chi connectivity index (χ3v) is 3.35. The molecule has 1 amide bonds. The van der Waals surface area contributed by atoms with Gasteiger partial charge in [0.15, 0.2) is 0 Å². The van der Waals surface area contributed by atoms with Gasteiger partial charge >= 0.3 is 0 Å². The van der Waals surface area contributed by atoms with E-state index in [1.165, 1.54) is 0 Å². The van der Waals surface area contributed by atoms with Gasteiger partial charge in [0.1, 0.15) is 5.69 Å². The average molecular weight is 237 g/mol. The van der Waals surface area contributed by atoms with E-state index < -0.39 is 5.60 Å². The standard InChI is InChI=1S/C12H19N3O2/c1-2-15-7-9(13)6-10(15)11(16)14-8-12(17)4-3-5-12/h6-7,17H,2-5,8,13H2,1H3,(H,14,16). The zero-order valence-electron chi connectivity index (χ0n) is 10.1. The van der Waals surface area contributed by atoms with Gasteiger partial charge in [0.2, 0.25) is 0 Å². The number of hydrogen-bond acceptors (Lipinski definition) is 3. The summed E-state index contributed by atoms with van der Waals surface area (Å²) in [5.41, 5.74) is 6.10. The van der Waals surface area contributed by atoms with Crippen LogP contribution in [0.15, 0.2) is 12.3 Å². The minimum atomic E-state index is -0.690. The van der Waals surface area contributed by atoms with Gasteiger partial charge in [-0.1, -0.05) is 0 Å². The largest absolute Gasteiger partial charge is 0.397 e. The first-order valence-corrected chi connectivity index (χ1v) is 6.00. The molecule has 94 valence electrons. The molecule has 1 aliphatic carbocycles. The Morgan fingerprint density at radius 1 is 1.65 bits per heavy atom. The summed E-state index contributed by atoms with van der Waals surface area (Å²) in [7, 11) is 0. The Kier molecular flexibility index (Phi) is 3.11. The number of amides is 1. The molecule has 1 fully saturated rings. The highest BCUT2D eigenvalue weighted by Crippen LogP contribution is 2.30. The Morgan fingerprint density at radius 3 is 2.88 bits per heavy atom. The first-order chi connectivity index (χ1) is 8.04. The molecule has 0 unspecified atom stereocenters. The maximum atomic E-state index is 11.9. The van der Waals surface area contributed by atoms with Gasteiger partial charge in [0.25, 0.3) is 5.91 Å². The fraction of sp³-hybridized carbons (Fsp3) is 0.583. The summed E-state index contributed by atoms with van der Waals surface area (Å²) in [4.78, 5) is 11.9. The monoisotopic (exact) mass is 237 g/mol. The smallest absolute Gasteiger partial charge is 0.268 e. The Bertz CT molecular complexity index is 421.